The molecule has 4 aromatic heterocycles. The first-order valence-corrected chi connectivity index (χ1v) is 19.0. The van der Waals surface area contributed by atoms with Gasteiger partial charge in [-0.15, -0.1) is 0 Å². The molecule has 17 heteroatoms. The normalized spacial score (nSPS) is 17.2. The van der Waals surface area contributed by atoms with Crippen LogP contribution in [-0.4, -0.2) is 70.3 Å². The first kappa shape index (κ1) is 36.5. The zero-order valence-electron chi connectivity index (χ0n) is 30.8. The van der Waals surface area contributed by atoms with Crippen LogP contribution in [0.1, 0.15) is 103 Å². The molecule has 1 unspecified atom stereocenters. The quantitative estimate of drug-likeness (QED) is 0.100. The van der Waals surface area contributed by atoms with Gasteiger partial charge in [0.2, 0.25) is 29.4 Å². The number of benzene rings is 1. The monoisotopic (exact) mass is 759 g/mol. The summed E-state index contributed by atoms with van der Waals surface area (Å²) in [5.41, 5.74) is 5.87. The number of urea groups is 1. The Morgan fingerprint density at radius 2 is 1.80 bits per heavy atom. The number of carbonyl (C=O) groups excluding carboxylic acids is 5. The maximum atomic E-state index is 13.1. The van der Waals surface area contributed by atoms with E-state index in [9.17, 15) is 24.0 Å². The van der Waals surface area contributed by atoms with Crippen LogP contribution < -0.4 is 21.3 Å². The number of imide groups is 1. The number of rotatable bonds is 11. The molecule has 0 spiro atoms. The summed E-state index contributed by atoms with van der Waals surface area (Å²) in [4.78, 5) is 77.7. The van der Waals surface area contributed by atoms with Gasteiger partial charge in [0.25, 0.3) is 5.91 Å². The Morgan fingerprint density at radius 3 is 2.62 bits per heavy atom. The second-order valence-corrected chi connectivity index (χ2v) is 14.5. The highest BCUT2D eigenvalue weighted by molar-refractivity contribution is 6.06. The minimum absolute atomic E-state index is 0.176. The lowest BCUT2D eigenvalue weighted by molar-refractivity contribution is -0.137. The van der Waals surface area contributed by atoms with E-state index in [-0.39, 0.29) is 49.4 Å². The summed E-state index contributed by atoms with van der Waals surface area (Å²) in [5, 5.41) is 19.6. The van der Waals surface area contributed by atoms with Crippen LogP contribution in [0, 0.1) is 6.92 Å². The molecule has 56 heavy (non-hydrogen) atoms. The molecule has 3 aliphatic rings. The number of nitrogens with zero attached hydrogens (tertiary/aromatic N) is 7. The Bertz CT molecular complexity index is 2350. The lowest BCUT2D eigenvalue weighted by Crippen LogP contribution is -2.52. The molecule has 1 atom stereocenters. The maximum Gasteiger partial charge on any atom is 0.323 e. The largest absolute Gasteiger partial charge is 0.339 e. The van der Waals surface area contributed by atoms with Crippen molar-refractivity contribution in [3.05, 3.63) is 77.2 Å². The number of hydrogen-bond donors (Lipinski definition) is 4. The summed E-state index contributed by atoms with van der Waals surface area (Å²) in [6, 6.07) is 7.61. The fraction of sp³-hybridized carbons (Fsp3) is 0.385. The van der Waals surface area contributed by atoms with Crippen LogP contribution in [0.2, 0.25) is 0 Å². The smallest absolute Gasteiger partial charge is 0.323 e. The second-order valence-electron chi connectivity index (χ2n) is 14.5. The Morgan fingerprint density at radius 1 is 0.946 bits per heavy atom. The summed E-state index contributed by atoms with van der Waals surface area (Å²) in [7, 11) is 0. The molecule has 6 amide bonds. The van der Waals surface area contributed by atoms with Crippen molar-refractivity contribution in [3.63, 3.8) is 0 Å². The maximum absolute atomic E-state index is 13.1. The predicted octanol–water partition coefficient (Wildman–Crippen LogP) is 5.29. The molecule has 1 saturated heterocycles. The van der Waals surface area contributed by atoms with E-state index < -0.39 is 18.0 Å². The number of aryl methyl sites for hydroxylation is 2. The zero-order valence-corrected chi connectivity index (χ0v) is 30.8. The van der Waals surface area contributed by atoms with E-state index in [1.165, 1.54) is 11.3 Å². The second kappa shape index (κ2) is 15.7. The molecular formula is C39H41N11O6. The molecule has 1 aromatic carbocycles. The average Bonchev–Trinajstić information content (AvgIpc) is 3.93. The first-order valence-electron chi connectivity index (χ1n) is 19.0. The van der Waals surface area contributed by atoms with Crippen molar-refractivity contribution >= 4 is 52.4 Å². The van der Waals surface area contributed by atoms with Crippen LogP contribution in [0.3, 0.4) is 0 Å². The highest BCUT2D eigenvalue weighted by Gasteiger charge is 2.39. The molecule has 0 bridgehead atoms. The first-order chi connectivity index (χ1) is 27.2. The number of aromatic nitrogens is 6. The van der Waals surface area contributed by atoms with E-state index in [2.05, 4.69) is 46.5 Å². The SMILES string of the molecule is Cc1cc(NC(=O)Nc2cnc3ccnn3c2C2CCCCC2)cnc1-c1noc(CCCCC(=O)Nc2ccc3c(c2)CN(C2CCC(=O)NC2=O)C3=O)n1. The molecule has 17 nitrogen and oxygen atoms in total. The van der Waals surface area contributed by atoms with Gasteiger partial charge < -0.3 is 25.4 Å². The molecule has 4 N–H and O–H groups in total. The standard InChI is InChI=1S/C39H41N11O6/c1-22-17-26(44-39(55)45-28-20-40-30-15-16-42-50(30)35(28)23-7-3-2-4-8-23)19-41-34(22)36-47-33(56-48-36)10-6-5-9-31(51)43-25-11-12-27-24(18-25)21-49(38(27)54)29-13-14-32(52)46-37(29)53/h11-12,15-20,23,29H,2-10,13-14,21H2,1H3,(H,43,51)(H2,44,45,55)(H,46,52,53). The molecule has 1 saturated carbocycles. The van der Waals surface area contributed by atoms with E-state index in [0.29, 0.717) is 64.9 Å². The van der Waals surface area contributed by atoms with Gasteiger partial charge in [0.1, 0.15) is 11.7 Å². The van der Waals surface area contributed by atoms with Crippen LogP contribution in [-0.2, 0) is 27.3 Å². The van der Waals surface area contributed by atoms with E-state index in [0.717, 1.165) is 42.6 Å². The topological polar surface area (TPSA) is 219 Å². The van der Waals surface area contributed by atoms with Gasteiger partial charge in [-0.25, -0.2) is 14.3 Å². The van der Waals surface area contributed by atoms with Crippen LogP contribution in [0.5, 0.6) is 0 Å². The van der Waals surface area contributed by atoms with Gasteiger partial charge >= 0.3 is 6.03 Å². The number of unbranched alkanes of at least 4 members (excludes halogenated alkanes) is 1. The average molecular weight is 760 g/mol. The number of nitrogens with one attached hydrogen (secondary N) is 4. The summed E-state index contributed by atoms with van der Waals surface area (Å²) < 4.78 is 7.30. The Kier molecular flexibility index (Phi) is 10.2. The van der Waals surface area contributed by atoms with Crippen molar-refractivity contribution in [2.45, 2.75) is 96.1 Å². The number of fused-ring (bicyclic) bond motifs is 2. The number of hydrogen-bond acceptors (Lipinski definition) is 11. The Balaban J connectivity index is 0.807. The number of carbonyl (C=O) groups is 5. The third-order valence-corrected chi connectivity index (χ3v) is 10.6. The van der Waals surface area contributed by atoms with Gasteiger partial charge in [0.15, 0.2) is 5.65 Å². The number of piperidine rings is 1. The molecule has 2 aliphatic heterocycles. The van der Waals surface area contributed by atoms with E-state index in [4.69, 9.17) is 4.52 Å². The van der Waals surface area contributed by atoms with Gasteiger partial charge in [-0.1, -0.05) is 24.4 Å². The van der Waals surface area contributed by atoms with Crippen LogP contribution in [0.15, 0.2) is 53.4 Å². The molecule has 0 radical (unpaired) electrons. The van der Waals surface area contributed by atoms with Gasteiger partial charge in [-0.2, -0.15) is 10.1 Å². The Labute approximate surface area is 321 Å². The molecular weight excluding hydrogens is 718 g/mol. The zero-order chi connectivity index (χ0) is 38.8. The number of amides is 6. The fourth-order valence-corrected chi connectivity index (χ4v) is 7.81. The summed E-state index contributed by atoms with van der Waals surface area (Å²) in [6.45, 7) is 2.08. The minimum Gasteiger partial charge on any atom is -0.339 e. The third kappa shape index (κ3) is 7.69. The lowest BCUT2D eigenvalue weighted by atomic mass is 9.86. The van der Waals surface area contributed by atoms with Gasteiger partial charge in [0.05, 0.1) is 35.7 Å². The molecule has 2 fully saturated rings. The fourth-order valence-electron chi connectivity index (χ4n) is 7.81. The minimum atomic E-state index is -0.697. The highest BCUT2D eigenvalue weighted by Crippen LogP contribution is 2.36. The van der Waals surface area contributed by atoms with Crippen molar-refractivity contribution < 1.29 is 28.5 Å². The lowest BCUT2D eigenvalue weighted by Gasteiger charge is -2.29. The predicted molar refractivity (Wildman–Crippen MR) is 202 cm³/mol. The molecule has 1 aliphatic carbocycles. The van der Waals surface area contributed by atoms with Crippen molar-refractivity contribution in [1.82, 2.24) is 39.9 Å². The molecule has 8 rings (SSSR count). The van der Waals surface area contributed by atoms with Crippen molar-refractivity contribution in [2.75, 3.05) is 16.0 Å². The van der Waals surface area contributed by atoms with Crippen molar-refractivity contribution in [2.24, 2.45) is 0 Å². The van der Waals surface area contributed by atoms with Crippen molar-refractivity contribution in [3.8, 4) is 11.5 Å². The van der Waals surface area contributed by atoms with E-state index in [1.807, 2.05) is 17.5 Å². The Hall–Kier alpha value is -6.52. The van der Waals surface area contributed by atoms with E-state index >= 15 is 0 Å². The summed E-state index contributed by atoms with van der Waals surface area (Å²) >= 11 is 0. The number of pyridine rings is 1. The van der Waals surface area contributed by atoms with Crippen LogP contribution >= 0.6 is 0 Å². The van der Waals surface area contributed by atoms with Gasteiger partial charge in [-0.3, -0.25) is 29.5 Å². The van der Waals surface area contributed by atoms with E-state index in [1.54, 1.807) is 42.9 Å². The van der Waals surface area contributed by atoms with Crippen molar-refractivity contribution in [1.29, 1.82) is 0 Å². The van der Waals surface area contributed by atoms with Gasteiger partial charge in [-0.05, 0) is 74.4 Å². The molecule has 288 valence electrons. The highest BCUT2D eigenvalue weighted by atomic mass is 16.5. The van der Waals surface area contributed by atoms with Gasteiger partial charge in [0, 0.05) is 49.0 Å². The summed E-state index contributed by atoms with van der Waals surface area (Å²) in [5.74, 6) is -0.213. The molecule has 6 heterocycles. The van der Waals surface area contributed by atoms with Crippen LogP contribution in [0.4, 0.5) is 21.9 Å². The third-order valence-electron chi connectivity index (χ3n) is 10.6. The number of anilines is 3. The van der Waals surface area contributed by atoms with Crippen LogP contribution in [0.25, 0.3) is 17.2 Å². The summed E-state index contributed by atoms with van der Waals surface area (Å²) in [6.07, 6.45) is 12.9. The molecule has 5 aromatic rings.